The van der Waals surface area contributed by atoms with Crippen molar-refractivity contribution in [1.29, 1.82) is 0 Å². The lowest BCUT2D eigenvalue weighted by Crippen LogP contribution is -2.36. The molecular weight excluding hydrogens is 164 g/mol. The third-order valence-corrected chi connectivity index (χ3v) is 3.24. The topological polar surface area (TPSA) is 46.3 Å². The number of piperidine rings is 1. The molecule has 2 rings (SSSR count). The lowest BCUT2D eigenvalue weighted by Gasteiger charge is -2.24. The number of hydrogen-bond acceptors (Lipinski definition) is 2. The minimum atomic E-state index is 0.322. The Balaban J connectivity index is 1.88. The van der Waals surface area contributed by atoms with Gasteiger partial charge in [-0.2, -0.15) is 0 Å². The van der Waals surface area contributed by atoms with E-state index in [-0.39, 0.29) is 0 Å². The smallest absolute Gasteiger partial charge is 0.223 e. The lowest BCUT2D eigenvalue weighted by atomic mass is 10.2. The molecule has 0 aromatic heterocycles. The fraction of sp³-hybridized carbons (Fsp3) is 0.900. The van der Waals surface area contributed by atoms with Crippen LogP contribution >= 0.6 is 0 Å². The molecule has 1 amide bonds. The predicted octanol–water partition coefficient (Wildman–Crippen LogP) is 0.735. The van der Waals surface area contributed by atoms with Gasteiger partial charge in [0.1, 0.15) is 0 Å². The largest absolute Gasteiger partial charge is 0.337 e. The number of carbonyl (C=O) groups is 1. The molecule has 1 saturated heterocycles. The van der Waals surface area contributed by atoms with Crippen molar-refractivity contribution in [2.45, 2.75) is 44.7 Å². The van der Waals surface area contributed by atoms with Gasteiger partial charge in [0, 0.05) is 18.5 Å². The number of nitrogens with zero attached hydrogens (tertiary/aromatic N) is 1. The van der Waals surface area contributed by atoms with Crippen molar-refractivity contribution in [2.75, 3.05) is 6.54 Å². The van der Waals surface area contributed by atoms with Crippen LogP contribution in [0.25, 0.3) is 0 Å². The molecule has 2 aliphatic rings. The highest BCUT2D eigenvalue weighted by Gasteiger charge is 2.51. The van der Waals surface area contributed by atoms with Gasteiger partial charge in [0.2, 0.25) is 5.91 Å². The van der Waals surface area contributed by atoms with Crippen LogP contribution in [0, 0.1) is 5.92 Å². The van der Waals surface area contributed by atoms with Crippen LogP contribution in [-0.2, 0) is 4.79 Å². The number of likely N-dealkylation sites (tertiary alicyclic amines) is 1. The molecule has 1 saturated carbocycles. The Morgan fingerprint density at radius 2 is 2.31 bits per heavy atom. The molecule has 2 fully saturated rings. The summed E-state index contributed by atoms with van der Waals surface area (Å²) in [6, 6.07) is 1.08. The van der Waals surface area contributed by atoms with E-state index >= 15 is 0 Å². The van der Waals surface area contributed by atoms with Crippen molar-refractivity contribution in [3.63, 3.8) is 0 Å². The normalized spacial score (nSPS) is 36.2. The fourth-order valence-corrected chi connectivity index (χ4v) is 2.52. The highest BCUT2D eigenvalue weighted by Crippen LogP contribution is 2.47. The van der Waals surface area contributed by atoms with Crippen molar-refractivity contribution in [1.82, 2.24) is 4.90 Å². The van der Waals surface area contributed by atoms with Crippen molar-refractivity contribution in [3.8, 4) is 0 Å². The molecule has 2 N–H and O–H groups in total. The maximum absolute atomic E-state index is 11.7. The van der Waals surface area contributed by atoms with Crippen LogP contribution in [0.1, 0.15) is 32.6 Å². The fourth-order valence-electron chi connectivity index (χ4n) is 2.52. The SMILES string of the molecule is C[C@@H]1C[C@@H]2C[C@@H]2N1C(=O)CCCN. The number of amides is 1. The molecule has 0 aromatic carbocycles. The Kier molecular flexibility index (Phi) is 2.28. The third kappa shape index (κ3) is 1.57. The maximum Gasteiger partial charge on any atom is 0.223 e. The van der Waals surface area contributed by atoms with Crippen molar-refractivity contribution in [2.24, 2.45) is 11.7 Å². The van der Waals surface area contributed by atoms with Crippen LogP contribution in [-0.4, -0.2) is 29.4 Å². The number of hydrogen-bond donors (Lipinski definition) is 1. The van der Waals surface area contributed by atoms with Gasteiger partial charge in [-0.25, -0.2) is 0 Å². The van der Waals surface area contributed by atoms with Crippen LogP contribution in [0.5, 0.6) is 0 Å². The van der Waals surface area contributed by atoms with E-state index in [0.29, 0.717) is 31.0 Å². The quantitative estimate of drug-likeness (QED) is 0.699. The van der Waals surface area contributed by atoms with Crippen molar-refractivity contribution >= 4 is 5.91 Å². The van der Waals surface area contributed by atoms with E-state index in [0.717, 1.165) is 12.3 Å². The molecule has 1 aliphatic carbocycles. The van der Waals surface area contributed by atoms with E-state index in [1.54, 1.807) is 0 Å². The molecule has 3 nitrogen and oxygen atoms in total. The Morgan fingerprint density at radius 3 is 2.85 bits per heavy atom. The van der Waals surface area contributed by atoms with E-state index in [1.807, 2.05) is 0 Å². The van der Waals surface area contributed by atoms with Gasteiger partial charge in [0.15, 0.2) is 0 Å². The van der Waals surface area contributed by atoms with Crippen LogP contribution < -0.4 is 5.73 Å². The summed E-state index contributed by atoms with van der Waals surface area (Å²) in [5.74, 6) is 1.15. The Labute approximate surface area is 79.3 Å². The number of carbonyl (C=O) groups excluding carboxylic acids is 1. The Bertz CT molecular complexity index is 215. The van der Waals surface area contributed by atoms with Crippen LogP contribution in [0.3, 0.4) is 0 Å². The van der Waals surface area contributed by atoms with Crippen LogP contribution in [0.2, 0.25) is 0 Å². The van der Waals surface area contributed by atoms with Gasteiger partial charge in [-0.1, -0.05) is 0 Å². The zero-order chi connectivity index (χ0) is 9.42. The summed E-state index contributed by atoms with van der Waals surface area (Å²) in [5.41, 5.74) is 5.38. The monoisotopic (exact) mass is 182 g/mol. The summed E-state index contributed by atoms with van der Waals surface area (Å²) in [6.07, 6.45) is 3.95. The predicted molar refractivity (Wildman–Crippen MR) is 51.1 cm³/mol. The average molecular weight is 182 g/mol. The van der Waals surface area contributed by atoms with E-state index in [4.69, 9.17) is 5.73 Å². The molecule has 0 unspecified atom stereocenters. The van der Waals surface area contributed by atoms with Gasteiger partial charge in [0.05, 0.1) is 0 Å². The first kappa shape index (κ1) is 9.00. The molecule has 1 heterocycles. The molecule has 3 heteroatoms. The molecule has 3 atom stereocenters. The second-order valence-electron chi connectivity index (χ2n) is 4.34. The summed E-state index contributed by atoms with van der Waals surface area (Å²) >= 11 is 0. The van der Waals surface area contributed by atoms with Crippen molar-refractivity contribution < 1.29 is 4.79 Å². The number of nitrogens with two attached hydrogens (primary N) is 1. The molecule has 1 aliphatic heterocycles. The average Bonchev–Trinajstić information content (AvgIpc) is 2.74. The van der Waals surface area contributed by atoms with E-state index in [1.165, 1.54) is 12.8 Å². The lowest BCUT2D eigenvalue weighted by molar-refractivity contribution is -0.132. The molecule has 0 aromatic rings. The molecule has 0 bridgehead atoms. The summed E-state index contributed by atoms with van der Waals surface area (Å²) in [6.45, 7) is 2.79. The summed E-state index contributed by atoms with van der Waals surface area (Å²) in [5, 5.41) is 0. The van der Waals surface area contributed by atoms with E-state index < -0.39 is 0 Å². The molecular formula is C10H18N2O. The first-order valence-corrected chi connectivity index (χ1v) is 5.25. The van der Waals surface area contributed by atoms with Gasteiger partial charge in [-0.05, 0) is 38.6 Å². The highest BCUT2D eigenvalue weighted by molar-refractivity contribution is 5.77. The highest BCUT2D eigenvalue weighted by atomic mass is 16.2. The zero-order valence-corrected chi connectivity index (χ0v) is 8.20. The summed E-state index contributed by atoms with van der Waals surface area (Å²) in [7, 11) is 0. The second kappa shape index (κ2) is 3.29. The van der Waals surface area contributed by atoms with Gasteiger partial charge >= 0.3 is 0 Å². The van der Waals surface area contributed by atoms with E-state index in [2.05, 4.69) is 11.8 Å². The molecule has 0 spiro atoms. The van der Waals surface area contributed by atoms with Gasteiger partial charge < -0.3 is 10.6 Å². The zero-order valence-electron chi connectivity index (χ0n) is 8.20. The maximum atomic E-state index is 11.7. The first-order chi connectivity index (χ1) is 6.24. The van der Waals surface area contributed by atoms with Crippen LogP contribution in [0.4, 0.5) is 0 Å². The van der Waals surface area contributed by atoms with Gasteiger partial charge in [0.25, 0.3) is 0 Å². The number of fused-ring (bicyclic) bond motifs is 1. The minimum Gasteiger partial charge on any atom is -0.337 e. The van der Waals surface area contributed by atoms with E-state index in [9.17, 15) is 4.79 Å². The Hall–Kier alpha value is -0.570. The summed E-state index contributed by atoms with van der Waals surface area (Å²) < 4.78 is 0. The standard InChI is InChI=1S/C10H18N2O/c1-7-5-8-6-9(8)12(7)10(13)3-2-4-11/h7-9H,2-6,11H2,1H3/t7-,8-,9+/m1/s1. The number of rotatable bonds is 3. The Morgan fingerprint density at radius 1 is 1.54 bits per heavy atom. The summed E-state index contributed by atoms with van der Waals surface area (Å²) in [4.78, 5) is 13.8. The molecule has 13 heavy (non-hydrogen) atoms. The minimum absolute atomic E-state index is 0.322. The second-order valence-corrected chi connectivity index (χ2v) is 4.34. The van der Waals surface area contributed by atoms with Crippen LogP contribution in [0.15, 0.2) is 0 Å². The third-order valence-electron chi connectivity index (χ3n) is 3.24. The molecule has 0 radical (unpaired) electrons. The van der Waals surface area contributed by atoms with Gasteiger partial charge in [-0.15, -0.1) is 0 Å². The van der Waals surface area contributed by atoms with Crippen molar-refractivity contribution in [3.05, 3.63) is 0 Å². The molecule has 74 valence electrons. The first-order valence-electron chi connectivity index (χ1n) is 5.25. The van der Waals surface area contributed by atoms with Gasteiger partial charge in [-0.3, -0.25) is 4.79 Å².